The maximum Gasteiger partial charge on any atom is 0.330 e. The molecule has 1 aliphatic heterocycles. The predicted octanol–water partition coefficient (Wildman–Crippen LogP) is 1.23. The fourth-order valence-corrected chi connectivity index (χ4v) is 3.40. The van der Waals surface area contributed by atoms with E-state index in [4.69, 9.17) is 5.73 Å². The van der Waals surface area contributed by atoms with Crippen molar-refractivity contribution in [3.63, 3.8) is 0 Å². The summed E-state index contributed by atoms with van der Waals surface area (Å²) in [5.41, 5.74) is 5.51. The van der Waals surface area contributed by atoms with Crippen LogP contribution in [0.1, 0.15) is 32.6 Å². The first-order valence-corrected chi connectivity index (χ1v) is 8.25. The Morgan fingerprint density at radius 2 is 2.30 bits per heavy atom. The molecule has 0 aliphatic carbocycles. The minimum atomic E-state index is -0.426. The van der Waals surface area contributed by atoms with E-state index >= 15 is 0 Å². The molecular weight excluding hydrogens is 276 g/mol. The van der Waals surface area contributed by atoms with Crippen molar-refractivity contribution in [1.29, 1.82) is 0 Å². The van der Waals surface area contributed by atoms with Crippen molar-refractivity contribution < 1.29 is 0 Å². The number of nitrogens with one attached hydrogen (secondary N) is 2. The number of hydrogen-bond acceptors (Lipinski definition) is 5. The molecular formula is C13H22N4O2S. The van der Waals surface area contributed by atoms with Crippen LogP contribution in [0, 0.1) is 0 Å². The zero-order chi connectivity index (χ0) is 14.5. The Balaban J connectivity index is 2.26. The van der Waals surface area contributed by atoms with Gasteiger partial charge in [0.1, 0.15) is 11.5 Å². The lowest BCUT2D eigenvalue weighted by atomic mass is 10.2. The summed E-state index contributed by atoms with van der Waals surface area (Å²) in [6, 6.07) is 0.245. The van der Waals surface area contributed by atoms with Gasteiger partial charge in [0, 0.05) is 18.3 Å². The Morgan fingerprint density at radius 1 is 1.50 bits per heavy atom. The number of rotatable bonds is 5. The van der Waals surface area contributed by atoms with Gasteiger partial charge in [-0.05, 0) is 25.0 Å². The fraction of sp³-hybridized carbons (Fsp3) is 0.692. The van der Waals surface area contributed by atoms with E-state index in [-0.39, 0.29) is 11.9 Å². The van der Waals surface area contributed by atoms with E-state index in [1.165, 1.54) is 10.3 Å². The first kappa shape index (κ1) is 15.0. The second kappa shape index (κ2) is 6.88. The number of aromatic amines is 1. The molecule has 0 spiro atoms. The van der Waals surface area contributed by atoms with E-state index in [2.05, 4.69) is 10.3 Å². The zero-order valence-electron chi connectivity index (χ0n) is 11.8. The summed E-state index contributed by atoms with van der Waals surface area (Å²) < 4.78 is 1.45. The van der Waals surface area contributed by atoms with Crippen LogP contribution in [0.15, 0.2) is 9.59 Å². The SMILES string of the molecule is CCCCn1c(N)c(NC2CCCSC2)c(=O)[nH]c1=O. The molecule has 0 amide bonds. The van der Waals surface area contributed by atoms with Gasteiger partial charge in [-0.3, -0.25) is 14.3 Å². The molecule has 112 valence electrons. The molecule has 1 atom stereocenters. The normalized spacial score (nSPS) is 18.9. The van der Waals surface area contributed by atoms with Crippen molar-refractivity contribution in [3.05, 3.63) is 20.8 Å². The lowest BCUT2D eigenvalue weighted by Crippen LogP contribution is -2.37. The van der Waals surface area contributed by atoms with Crippen LogP contribution in [-0.2, 0) is 6.54 Å². The summed E-state index contributed by atoms with van der Waals surface area (Å²) in [6.45, 7) is 2.58. The summed E-state index contributed by atoms with van der Waals surface area (Å²) in [5, 5.41) is 3.21. The molecule has 1 aromatic heterocycles. The van der Waals surface area contributed by atoms with Crippen LogP contribution in [-0.4, -0.2) is 27.1 Å². The summed E-state index contributed by atoms with van der Waals surface area (Å²) in [5.74, 6) is 2.38. The van der Waals surface area contributed by atoms with Crippen molar-refractivity contribution in [2.24, 2.45) is 0 Å². The second-order valence-electron chi connectivity index (χ2n) is 5.08. The van der Waals surface area contributed by atoms with Crippen molar-refractivity contribution in [3.8, 4) is 0 Å². The molecule has 6 nitrogen and oxygen atoms in total. The van der Waals surface area contributed by atoms with Gasteiger partial charge in [0.05, 0.1) is 0 Å². The highest BCUT2D eigenvalue weighted by Gasteiger charge is 2.18. The van der Waals surface area contributed by atoms with Crippen LogP contribution in [0.2, 0.25) is 0 Å². The average molecular weight is 298 g/mol. The summed E-state index contributed by atoms with van der Waals surface area (Å²) in [4.78, 5) is 26.1. The van der Waals surface area contributed by atoms with E-state index in [0.717, 1.165) is 31.4 Å². The van der Waals surface area contributed by atoms with Crippen molar-refractivity contribution >= 4 is 23.3 Å². The number of unbranched alkanes of at least 4 members (excludes halogenated alkanes) is 1. The Hall–Kier alpha value is -1.37. The molecule has 0 saturated carbocycles. The van der Waals surface area contributed by atoms with Crippen LogP contribution in [0.3, 0.4) is 0 Å². The predicted molar refractivity (Wildman–Crippen MR) is 84.6 cm³/mol. The first-order chi connectivity index (χ1) is 9.63. The lowest BCUT2D eigenvalue weighted by Gasteiger charge is -2.24. The molecule has 1 aliphatic rings. The number of thioether (sulfide) groups is 1. The summed E-state index contributed by atoms with van der Waals surface area (Å²) >= 11 is 1.87. The van der Waals surface area contributed by atoms with Gasteiger partial charge < -0.3 is 11.1 Å². The summed E-state index contributed by atoms with van der Waals surface area (Å²) in [7, 11) is 0. The maximum atomic E-state index is 11.9. The number of nitrogens with zero attached hydrogens (tertiary/aromatic N) is 1. The van der Waals surface area contributed by atoms with Gasteiger partial charge in [0.25, 0.3) is 5.56 Å². The molecule has 1 fully saturated rings. The minimum Gasteiger partial charge on any atom is -0.383 e. The molecule has 1 aromatic rings. The van der Waals surface area contributed by atoms with Gasteiger partial charge >= 0.3 is 5.69 Å². The van der Waals surface area contributed by atoms with Crippen LogP contribution in [0.5, 0.6) is 0 Å². The Labute approximate surface area is 122 Å². The van der Waals surface area contributed by atoms with Gasteiger partial charge in [-0.1, -0.05) is 13.3 Å². The Kier molecular flexibility index (Phi) is 5.17. The topological polar surface area (TPSA) is 92.9 Å². The molecule has 1 saturated heterocycles. The van der Waals surface area contributed by atoms with Gasteiger partial charge in [-0.2, -0.15) is 11.8 Å². The molecule has 4 N–H and O–H groups in total. The molecule has 1 unspecified atom stereocenters. The molecule has 2 rings (SSSR count). The highest BCUT2D eigenvalue weighted by molar-refractivity contribution is 7.99. The third kappa shape index (κ3) is 3.39. The second-order valence-corrected chi connectivity index (χ2v) is 6.23. The number of nitrogen functional groups attached to an aromatic ring is 1. The fourth-order valence-electron chi connectivity index (χ4n) is 2.32. The third-order valence-corrected chi connectivity index (χ3v) is 4.70. The highest BCUT2D eigenvalue weighted by Crippen LogP contribution is 2.21. The molecule has 20 heavy (non-hydrogen) atoms. The number of nitrogens with two attached hydrogens (primary N) is 1. The maximum absolute atomic E-state index is 11.9. The van der Waals surface area contributed by atoms with Crippen molar-refractivity contribution in [2.45, 2.75) is 45.2 Å². The average Bonchev–Trinajstić information content (AvgIpc) is 2.44. The van der Waals surface area contributed by atoms with E-state index in [1.807, 2.05) is 18.7 Å². The lowest BCUT2D eigenvalue weighted by molar-refractivity contribution is 0.603. The van der Waals surface area contributed by atoms with Gasteiger partial charge in [-0.15, -0.1) is 0 Å². The first-order valence-electron chi connectivity index (χ1n) is 7.10. The van der Waals surface area contributed by atoms with E-state index in [9.17, 15) is 9.59 Å². The van der Waals surface area contributed by atoms with E-state index in [0.29, 0.717) is 12.2 Å². The third-order valence-electron chi connectivity index (χ3n) is 3.48. The Bertz CT molecular complexity index is 560. The van der Waals surface area contributed by atoms with E-state index < -0.39 is 11.2 Å². The minimum absolute atomic E-state index is 0.245. The Morgan fingerprint density at radius 3 is 2.95 bits per heavy atom. The van der Waals surface area contributed by atoms with Gasteiger partial charge in [0.2, 0.25) is 0 Å². The molecule has 0 aromatic carbocycles. The summed E-state index contributed by atoms with van der Waals surface area (Å²) in [6.07, 6.45) is 3.98. The zero-order valence-corrected chi connectivity index (χ0v) is 12.6. The molecule has 2 heterocycles. The van der Waals surface area contributed by atoms with Crippen LogP contribution >= 0.6 is 11.8 Å². The smallest absolute Gasteiger partial charge is 0.330 e. The molecule has 0 radical (unpaired) electrons. The van der Waals surface area contributed by atoms with Crippen LogP contribution in [0.25, 0.3) is 0 Å². The monoisotopic (exact) mass is 298 g/mol. The van der Waals surface area contributed by atoms with Crippen molar-refractivity contribution in [2.75, 3.05) is 22.6 Å². The van der Waals surface area contributed by atoms with Gasteiger partial charge in [-0.25, -0.2) is 4.79 Å². The number of H-pyrrole nitrogens is 1. The van der Waals surface area contributed by atoms with Crippen LogP contribution < -0.4 is 22.3 Å². The largest absolute Gasteiger partial charge is 0.383 e. The van der Waals surface area contributed by atoms with Crippen LogP contribution in [0.4, 0.5) is 11.5 Å². The van der Waals surface area contributed by atoms with E-state index in [1.54, 1.807) is 0 Å². The van der Waals surface area contributed by atoms with Gasteiger partial charge in [0.15, 0.2) is 0 Å². The number of anilines is 2. The molecule has 7 heteroatoms. The van der Waals surface area contributed by atoms with Crippen molar-refractivity contribution in [1.82, 2.24) is 9.55 Å². The number of hydrogen-bond donors (Lipinski definition) is 3. The highest BCUT2D eigenvalue weighted by atomic mass is 32.2. The quantitative estimate of drug-likeness (QED) is 0.760. The number of aromatic nitrogens is 2. The molecule has 0 bridgehead atoms. The standard InChI is InChI=1S/C13H22N4O2S/c1-2-3-6-17-11(14)10(12(18)16-13(17)19)15-9-5-4-7-20-8-9/h9,15H,2-8,14H2,1H3,(H,16,18,19).